The lowest BCUT2D eigenvalue weighted by Crippen LogP contribution is -2.09. The van der Waals surface area contributed by atoms with E-state index in [1.54, 1.807) is 0 Å². The van der Waals surface area contributed by atoms with Crippen molar-refractivity contribution < 1.29 is 13.3 Å². The van der Waals surface area contributed by atoms with E-state index < -0.39 is 0 Å². The second-order valence-corrected chi connectivity index (χ2v) is 13.3. The average Bonchev–Trinajstić information content (AvgIpc) is 3.90. The molecule has 4 nitrogen and oxygen atoms in total. The predicted octanol–water partition coefficient (Wildman–Crippen LogP) is 14.2. The van der Waals surface area contributed by atoms with Crippen LogP contribution in [0.15, 0.2) is 189 Å². The van der Waals surface area contributed by atoms with Gasteiger partial charge in [-0.25, -0.2) is 0 Å². The van der Waals surface area contributed by atoms with Crippen LogP contribution in [0.2, 0.25) is 0 Å². The van der Waals surface area contributed by atoms with Gasteiger partial charge >= 0.3 is 0 Å². The first-order chi connectivity index (χ1) is 25.8. The van der Waals surface area contributed by atoms with Gasteiger partial charge in [-0.2, -0.15) is 0 Å². The number of hydrogen-bond acceptors (Lipinski definition) is 4. The molecule has 0 fully saturated rings. The highest BCUT2D eigenvalue weighted by Gasteiger charge is 2.18. The monoisotopic (exact) mass is 667 g/mol. The lowest BCUT2D eigenvalue weighted by Gasteiger charge is -2.26. The summed E-state index contributed by atoms with van der Waals surface area (Å²) in [6, 6.07) is 61.3. The molecule has 3 heterocycles. The second kappa shape index (κ2) is 11.2. The molecule has 0 N–H and O–H groups in total. The molecule has 0 saturated heterocycles. The van der Waals surface area contributed by atoms with Crippen molar-refractivity contribution in [1.29, 1.82) is 0 Å². The minimum absolute atomic E-state index is 0.852. The van der Waals surface area contributed by atoms with E-state index in [4.69, 9.17) is 13.3 Å². The molecule has 3 aromatic heterocycles. The Kier molecular flexibility index (Phi) is 6.22. The molecule has 0 spiro atoms. The minimum Gasteiger partial charge on any atom is -0.456 e. The van der Waals surface area contributed by atoms with Gasteiger partial charge in [-0.05, 0) is 65.7 Å². The Morgan fingerprint density at radius 2 is 0.692 bits per heavy atom. The molecule has 0 unspecified atom stereocenters. The molecule has 0 aliphatic carbocycles. The van der Waals surface area contributed by atoms with Crippen LogP contribution in [0.4, 0.5) is 17.1 Å². The third-order valence-electron chi connectivity index (χ3n) is 10.3. The van der Waals surface area contributed by atoms with Crippen LogP contribution < -0.4 is 4.90 Å². The Balaban J connectivity index is 1.03. The molecule has 4 heteroatoms. The number of furan rings is 3. The number of hydrogen-bond donors (Lipinski definition) is 0. The number of para-hydroxylation sites is 5. The SMILES string of the molecule is c1ccc2c(c1)oc1cc(N(c3ccc(-c4cccc5c4oc4ccccc45)cc3)c3ccc(-c4cccc5c4oc4ccccc45)cc3)ccc12. The molecular weight excluding hydrogens is 639 g/mol. The quantitative estimate of drug-likeness (QED) is 0.183. The third-order valence-corrected chi connectivity index (χ3v) is 10.3. The highest BCUT2D eigenvalue weighted by molar-refractivity contribution is 6.11. The van der Waals surface area contributed by atoms with Gasteiger partial charge in [0.25, 0.3) is 0 Å². The summed E-state index contributed by atoms with van der Waals surface area (Å²) in [6.07, 6.45) is 0. The van der Waals surface area contributed by atoms with E-state index in [1.165, 1.54) is 0 Å². The van der Waals surface area contributed by atoms with E-state index in [2.05, 4.69) is 144 Å². The molecule has 8 aromatic carbocycles. The Morgan fingerprint density at radius 1 is 0.288 bits per heavy atom. The molecule has 0 aliphatic rings. The summed E-state index contributed by atoms with van der Waals surface area (Å²) in [5.74, 6) is 0. The number of rotatable bonds is 5. The van der Waals surface area contributed by atoms with Crippen molar-refractivity contribution in [1.82, 2.24) is 0 Å². The van der Waals surface area contributed by atoms with Crippen LogP contribution in [0.25, 0.3) is 88.1 Å². The first kappa shape index (κ1) is 28.8. The van der Waals surface area contributed by atoms with Crippen molar-refractivity contribution in [2.45, 2.75) is 0 Å². The third kappa shape index (κ3) is 4.41. The standard InChI is InChI=1S/C48H29NO3/c1-4-16-43-37(9-1)40-28-27-34(29-46(40)50-43)49(32-23-19-30(20-24-32)35-12-7-14-41-38-10-2-5-17-44(38)51-47(35)41)33-25-21-31(22-26-33)36-13-8-15-42-39-11-3-6-18-45(39)52-48(36)42/h1-29H. The van der Waals surface area contributed by atoms with Gasteiger partial charge in [0.05, 0.1) is 0 Å². The van der Waals surface area contributed by atoms with Crippen LogP contribution in [0.1, 0.15) is 0 Å². The maximum atomic E-state index is 6.38. The maximum absolute atomic E-state index is 6.38. The molecular formula is C48H29NO3. The topological polar surface area (TPSA) is 42.7 Å². The van der Waals surface area contributed by atoms with Crippen molar-refractivity contribution >= 4 is 82.9 Å². The predicted molar refractivity (Wildman–Crippen MR) is 214 cm³/mol. The summed E-state index contributed by atoms with van der Waals surface area (Å²) in [5, 5.41) is 6.71. The zero-order chi connectivity index (χ0) is 34.2. The van der Waals surface area contributed by atoms with Crippen molar-refractivity contribution in [3.05, 3.63) is 176 Å². The highest BCUT2D eigenvalue weighted by Crippen LogP contribution is 2.42. The normalized spacial score (nSPS) is 11.8. The zero-order valence-electron chi connectivity index (χ0n) is 27.9. The zero-order valence-corrected chi connectivity index (χ0v) is 27.9. The van der Waals surface area contributed by atoms with E-state index in [9.17, 15) is 0 Å². The van der Waals surface area contributed by atoms with Crippen LogP contribution in [0.5, 0.6) is 0 Å². The Morgan fingerprint density at radius 3 is 1.21 bits per heavy atom. The fourth-order valence-electron chi connectivity index (χ4n) is 7.83. The molecule has 0 saturated carbocycles. The van der Waals surface area contributed by atoms with Gasteiger partial charge in [0, 0.05) is 66.6 Å². The van der Waals surface area contributed by atoms with Crippen molar-refractivity contribution in [2.24, 2.45) is 0 Å². The number of fused-ring (bicyclic) bond motifs is 9. The highest BCUT2D eigenvalue weighted by atomic mass is 16.3. The lowest BCUT2D eigenvalue weighted by atomic mass is 10.0. The Bertz CT molecular complexity index is 2970. The molecule has 0 radical (unpaired) electrons. The van der Waals surface area contributed by atoms with Crippen molar-refractivity contribution in [2.75, 3.05) is 4.90 Å². The van der Waals surface area contributed by atoms with Gasteiger partial charge in [-0.15, -0.1) is 0 Å². The first-order valence-electron chi connectivity index (χ1n) is 17.5. The fraction of sp³-hybridized carbons (Fsp3) is 0. The van der Waals surface area contributed by atoms with E-state index in [0.717, 1.165) is 105 Å². The van der Waals surface area contributed by atoms with Gasteiger partial charge < -0.3 is 18.2 Å². The summed E-state index contributed by atoms with van der Waals surface area (Å²) in [5.41, 5.74) is 12.7. The summed E-state index contributed by atoms with van der Waals surface area (Å²) in [7, 11) is 0. The molecule has 11 rings (SSSR count). The maximum Gasteiger partial charge on any atom is 0.143 e. The summed E-state index contributed by atoms with van der Waals surface area (Å²) >= 11 is 0. The van der Waals surface area contributed by atoms with Crippen molar-refractivity contribution in [3.63, 3.8) is 0 Å². The molecule has 0 aliphatic heterocycles. The van der Waals surface area contributed by atoms with Crippen molar-refractivity contribution in [3.8, 4) is 22.3 Å². The lowest BCUT2D eigenvalue weighted by molar-refractivity contribution is 0.669. The fourth-order valence-corrected chi connectivity index (χ4v) is 7.83. The van der Waals surface area contributed by atoms with Crippen LogP contribution in [0, 0.1) is 0 Å². The number of benzene rings is 8. The summed E-state index contributed by atoms with van der Waals surface area (Å²) < 4.78 is 19.1. The second-order valence-electron chi connectivity index (χ2n) is 13.3. The summed E-state index contributed by atoms with van der Waals surface area (Å²) in [4.78, 5) is 2.28. The van der Waals surface area contributed by atoms with Gasteiger partial charge in [0.1, 0.15) is 33.5 Å². The van der Waals surface area contributed by atoms with Crippen LogP contribution in [0.3, 0.4) is 0 Å². The van der Waals surface area contributed by atoms with Gasteiger partial charge in [-0.1, -0.05) is 115 Å². The molecule has 244 valence electrons. The van der Waals surface area contributed by atoms with Crippen LogP contribution in [-0.4, -0.2) is 0 Å². The Hall–Kier alpha value is -7.04. The average molecular weight is 668 g/mol. The van der Waals surface area contributed by atoms with Crippen LogP contribution in [-0.2, 0) is 0 Å². The number of anilines is 3. The molecule has 52 heavy (non-hydrogen) atoms. The molecule has 11 aromatic rings. The molecule has 0 bridgehead atoms. The van der Waals surface area contributed by atoms with E-state index in [-0.39, 0.29) is 0 Å². The van der Waals surface area contributed by atoms with E-state index in [1.807, 2.05) is 36.4 Å². The van der Waals surface area contributed by atoms with Gasteiger partial charge in [-0.3, -0.25) is 0 Å². The smallest absolute Gasteiger partial charge is 0.143 e. The Labute approximate surface area is 298 Å². The minimum atomic E-state index is 0.852. The summed E-state index contributed by atoms with van der Waals surface area (Å²) in [6.45, 7) is 0. The first-order valence-corrected chi connectivity index (χ1v) is 17.5. The number of nitrogens with zero attached hydrogens (tertiary/aromatic N) is 1. The van der Waals surface area contributed by atoms with E-state index >= 15 is 0 Å². The van der Waals surface area contributed by atoms with Gasteiger partial charge in [0.15, 0.2) is 0 Å². The molecule has 0 atom stereocenters. The largest absolute Gasteiger partial charge is 0.456 e. The molecule has 0 amide bonds. The van der Waals surface area contributed by atoms with E-state index in [0.29, 0.717) is 0 Å². The van der Waals surface area contributed by atoms with Gasteiger partial charge in [0.2, 0.25) is 0 Å². The van der Waals surface area contributed by atoms with Crippen LogP contribution >= 0.6 is 0 Å².